The zero-order chi connectivity index (χ0) is 31.9. The van der Waals surface area contributed by atoms with Crippen molar-refractivity contribution in [1.29, 1.82) is 0 Å². The first-order valence-corrected chi connectivity index (χ1v) is 14.1. The number of carbonyl (C=O) groups is 2. The summed E-state index contributed by atoms with van der Waals surface area (Å²) in [6, 6.07) is 9.79. The number of aliphatic carboxylic acids is 1. The van der Waals surface area contributed by atoms with E-state index < -0.39 is 24.2 Å². The first kappa shape index (κ1) is 31.2. The molecule has 0 aliphatic carbocycles. The number of H-pyrrole nitrogens is 1. The Bertz CT molecular complexity index is 1960. The van der Waals surface area contributed by atoms with E-state index in [4.69, 9.17) is 44.7 Å². The lowest BCUT2D eigenvalue weighted by Crippen LogP contribution is -2.25. The van der Waals surface area contributed by atoms with Crippen LogP contribution in [0.4, 0.5) is 13.2 Å². The van der Waals surface area contributed by atoms with Gasteiger partial charge in [0, 0.05) is 21.8 Å². The largest absolute Gasteiger partial charge is 0.490 e. The summed E-state index contributed by atoms with van der Waals surface area (Å²) < 4.78 is 34.8. The molecule has 0 radical (unpaired) electrons. The molecule has 6 rings (SSSR count). The maximum absolute atomic E-state index is 13.6. The Kier molecular flexibility index (Phi) is 8.53. The van der Waals surface area contributed by atoms with E-state index in [1.165, 1.54) is 17.1 Å². The van der Waals surface area contributed by atoms with Crippen LogP contribution in [0.25, 0.3) is 27.4 Å². The van der Waals surface area contributed by atoms with E-state index in [1.807, 2.05) is 6.07 Å². The van der Waals surface area contributed by atoms with Gasteiger partial charge in [-0.25, -0.2) is 14.6 Å². The third-order valence-corrected chi connectivity index (χ3v) is 8.33. The van der Waals surface area contributed by atoms with Crippen LogP contribution in [0, 0.1) is 0 Å². The fourth-order valence-corrected chi connectivity index (χ4v) is 6.08. The first-order chi connectivity index (χ1) is 20.8. The van der Waals surface area contributed by atoms with E-state index in [-0.39, 0.29) is 20.6 Å². The van der Waals surface area contributed by atoms with Crippen molar-refractivity contribution in [1.82, 2.24) is 34.7 Å². The molecule has 0 spiro atoms. The third-order valence-electron chi connectivity index (χ3n) is 6.38. The summed E-state index contributed by atoms with van der Waals surface area (Å²) >= 11 is 20.5. The molecule has 0 unspecified atom stereocenters. The number of nitrogens with zero attached hydrogens (tertiary/aromatic N) is 6. The number of alkyl halides is 3. The summed E-state index contributed by atoms with van der Waals surface area (Å²) in [4.78, 5) is 42.2. The number of imidazole rings is 1. The number of hydrogen-bond donors (Lipinski definition) is 3. The van der Waals surface area contributed by atoms with Crippen molar-refractivity contribution in [2.24, 2.45) is 0 Å². The number of carboxylic acids is 2. The molecule has 4 aromatic heterocycles. The van der Waals surface area contributed by atoms with Crippen molar-refractivity contribution in [3.05, 3.63) is 84.7 Å². The highest BCUT2D eigenvalue weighted by Gasteiger charge is 2.38. The smallest absolute Gasteiger partial charge is 0.477 e. The molecule has 0 saturated carbocycles. The van der Waals surface area contributed by atoms with Gasteiger partial charge in [0.1, 0.15) is 32.9 Å². The predicted octanol–water partition coefficient (Wildman–Crippen LogP) is 5.77. The molecule has 1 aromatic carbocycles. The maximum atomic E-state index is 13.6. The highest BCUT2D eigenvalue weighted by Crippen LogP contribution is 2.39. The van der Waals surface area contributed by atoms with Gasteiger partial charge in [0.25, 0.3) is 5.56 Å². The monoisotopic (exact) mass is 687 g/mol. The number of benzene rings is 1. The number of pyridine rings is 1. The second-order valence-electron chi connectivity index (χ2n) is 9.07. The Morgan fingerprint density at radius 2 is 1.80 bits per heavy atom. The van der Waals surface area contributed by atoms with E-state index >= 15 is 0 Å². The van der Waals surface area contributed by atoms with Crippen LogP contribution in [0.1, 0.15) is 33.7 Å². The van der Waals surface area contributed by atoms with Gasteiger partial charge in [-0.1, -0.05) is 34.8 Å². The fourth-order valence-electron chi connectivity index (χ4n) is 4.52. The summed E-state index contributed by atoms with van der Waals surface area (Å²) in [6.07, 6.45) is -2.44. The standard InChI is InChI=1S/C23H14Cl3N7O3S.C2HF3O2/c24-10-1-3-14(32-9-27-30-31-32)12(7-10)13-8-11-2-4-15(33(11)22(34)18(13)25)21-28-19(20(26)29-21)16-5-6-17(37-16)23(35)36;3-2(4,5)1(6)7/h1,3,5-9,15H,2,4H2,(H,28,29)(H,35,36);(H,6,7)/t15-;/m0./s1. The quantitative estimate of drug-likeness (QED) is 0.208. The highest BCUT2D eigenvalue weighted by molar-refractivity contribution is 7.17. The molecule has 3 N–H and O–H groups in total. The maximum Gasteiger partial charge on any atom is 0.490 e. The Morgan fingerprint density at radius 3 is 2.41 bits per heavy atom. The Hall–Kier alpha value is -4.25. The van der Waals surface area contributed by atoms with E-state index in [1.54, 1.807) is 28.8 Å². The van der Waals surface area contributed by atoms with E-state index in [0.717, 1.165) is 17.0 Å². The molecular weight excluding hydrogens is 674 g/mol. The normalized spacial score (nSPS) is 14.2. The Balaban J connectivity index is 0.000000493. The summed E-state index contributed by atoms with van der Waals surface area (Å²) in [5.74, 6) is -3.28. The van der Waals surface area contributed by atoms with Crippen LogP contribution >= 0.6 is 46.1 Å². The second kappa shape index (κ2) is 12.0. The molecule has 44 heavy (non-hydrogen) atoms. The van der Waals surface area contributed by atoms with E-state index in [0.29, 0.717) is 51.1 Å². The molecule has 0 bridgehead atoms. The Morgan fingerprint density at radius 1 is 1.07 bits per heavy atom. The number of aromatic amines is 1. The third kappa shape index (κ3) is 6.06. The number of rotatable bonds is 5. The SMILES string of the molecule is O=C(O)C(F)(F)F.O=C(O)c1ccc(-c2nc([C@@H]3CCc4cc(-c5cc(Cl)ccc5-n5cnnn5)c(Cl)c(=O)n43)[nH]c2Cl)s1. The van der Waals surface area contributed by atoms with Gasteiger partial charge in [-0.05, 0) is 59.7 Å². The zero-order valence-electron chi connectivity index (χ0n) is 21.5. The minimum absolute atomic E-state index is 0.0227. The van der Waals surface area contributed by atoms with Gasteiger partial charge >= 0.3 is 18.1 Å². The molecule has 0 fully saturated rings. The molecule has 0 amide bonds. The number of thiophene rings is 1. The summed E-state index contributed by atoms with van der Waals surface area (Å²) in [6.45, 7) is 0. The summed E-state index contributed by atoms with van der Waals surface area (Å²) in [5, 5.41) is 28.4. The van der Waals surface area contributed by atoms with Crippen LogP contribution in [-0.2, 0) is 11.2 Å². The van der Waals surface area contributed by atoms with Crippen molar-refractivity contribution < 1.29 is 33.0 Å². The van der Waals surface area contributed by atoms with Crippen LogP contribution in [-0.4, -0.2) is 63.1 Å². The molecule has 12 nitrogen and oxygen atoms in total. The summed E-state index contributed by atoms with van der Waals surface area (Å²) in [7, 11) is 0. The van der Waals surface area contributed by atoms with Gasteiger partial charge in [-0.2, -0.15) is 17.9 Å². The van der Waals surface area contributed by atoms with Gasteiger partial charge in [0.2, 0.25) is 0 Å². The number of aromatic carboxylic acids is 1. The first-order valence-electron chi connectivity index (χ1n) is 12.1. The van der Waals surface area contributed by atoms with Crippen LogP contribution in [0.2, 0.25) is 15.2 Å². The van der Waals surface area contributed by atoms with Crippen LogP contribution in [0.15, 0.2) is 47.5 Å². The number of halogens is 6. The number of hydrogen-bond acceptors (Lipinski definition) is 8. The van der Waals surface area contributed by atoms with Crippen molar-refractivity contribution in [2.75, 3.05) is 0 Å². The van der Waals surface area contributed by atoms with Crippen LogP contribution in [0.5, 0.6) is 0 Å². The van der Waals surface area contributed by atoms with Gasteiger partial charge in [-0.15, -0.1) is 16.4 Å². The van der Waals surface area contributed by atoms with Crippen molar-refractivity contribution in [3.63, 3.8) is 0 Å². The predicted molar refractivity (Wildman–Crippen MR) is 153 cm³/mol. The number of aromatic nitrogens is 7. The van der Waals surface area contributed by atoms with Gasteiger partial charge < -0.3 is 19.8 Å². The van der Waals surface area contributed by atoms with Crippen molar-refractivity contribution in [2.45, 2.75) is 25.1 Å². The molecule has 19 heteroatoms. The van der Waals surface area contributed by atoms with Gasteiger partial charge in [0.15, 0.2) is 0 Å². The molecule has 228 valence electrons. The summed E-state index contributed by atoms with van der Waals surface area (Å²) in [5.41, 5.74) is 2.58. The molecule has 5 heterocycles. The topological polar surface area (TPSA) is 169 Å². The molecule has 0 saturated heterocycles. The van der Waals surface area contributed by atoms with E-state index in [9.17, 15) is 27.9 Å². The number of tetrazole rings is 1. The molecule has 1 aliphatic rings. The number of carboxylic acid groups (broad SMARTS) is 2. The minimum atomic E-state index is -5.08. The highest BCUT2D eigenvalue weighted by atomic mass is 35.5. The molecular formula is C25H15Cl3F3N7O5S. The molecule has 5 aromatic rings. The lowest BCUT2D eigenvalue weighted by atomic mass is 10.0. The Labute approximate surface area is 262 Å². The lowest BCUT2D eigenvalue weighted by molar-refractivity contribution is -0.192. The average molecular weight is 689 g/mol. The second-order valence-corrected chi connectivity index (χ2v) is 11.3. The fraction of sp³-hybridized carbons (Fsp3) is 0.160. The minimum Gasteiger partial charge on any atom is -0.477 e. The van der Waals surface area contributed by atoms with Gasteiger partial charge in [0.05, 0.1) is 16.6 Å². The van der Waals surface area contributed by atoms with Crippen LogP contribution < -0.4 is 5.56 Å². The van der Waals surface area contributed by atoms with Crippen LogP contribution in [0.3, 0.4) is 0 Å². The molecule has 1 atom stereocenters. The number of nitrogens with one attached hydrogen (secondary N) is 1. The average Bonchev–Trinajstić information content (AvgIpc) is 3.77. The molecule has 1 aliphatic heterocycles. The van der Waals surface area contributed by atoms with Crippen molar-refractivity contribution >= 4 is 58.1 Å². The lowest BCUT2D eigenvalue weighted by Gasteiger charge is -2.16. The zero-order valence-corrected chi connectivity index (χ0v) is 24.6. The van der Waals surface area contributed by atoms with E-state index in [2.05, 4.69) is 25.5 Å². The number of fused-ring (bicyclic) bond motifs is 1. The number of aryl methyl sites for hydroxylation is 1. The van der Waals surface area contributed by atoms with Crippen molar-refractivity contribution in [3.8, 4) is 27.4 Å². The van der Waals surface area contributed by atoms with Gasteiger partial charge in [-0.3, -0.25) is 4.79 Å².